The first kappa shape index (κ1) is 24.3. The second-order valence-electron chi connectivity index (χ2n) is 8.64. The lowest BCUT2D eigenvalue weighted by atomic mass is 9.86. The van der Waals surface area contributed by atoms with E-state index in [1.807, 2.05) is 11.0 Å². The highest BCUT2D eigenvalue weighted by molar-refractivity contribution is 7.80. The maximum Gasteiger partial charge on any atom is 0.416 e. The van der Waals surface area contributed by atoms with Crippen molar-refractivity contribution in [1.82, 2.24) is 5.43 Å². The lowest BCUT2D eigenvalue weighted by Gasteiger charge is -2.35. The van der Waals surface area contributed by atoms with Crippen LogP contribution in [0.15, 0.2) is 41.5 Å². The third-order valence-electron chi connectivity index (χ3n) is 6.46. The van der Waals surface area contributed by atoms with Gasteiger partial charge in [-0.1, -0.05) is 18.2 Å². The molecule has 0 amide bonds. The normalized spacial score (nSPS) is 17.5. The average molecular weight is 494 g/mol. The Kier molecular flexibility index (Phi) is 7.25. The van der Waals surface area contributed by atoms with Crippen LogP contribution in [0.2, 0.25) is 0 Å². The van der Waals surface area contributed by atoms with Gasteiger partial charge in [0.15, 0.2) is 5.11 Å². The Bertz CT molecular complexity index is 1060. The molecule has 0 aliphatic carbocycles. The van der Waals surface area contributed by atoms with Gasteiger partial charge in [0.25, 0.3) is 0 Å². The summed E-state index contributed by atoms with van der Waals surface area (Å²) in [6, 6.07) is 9.02. The average Bonchev–Trinajstić information content (AvgIpc) is 3.33. The number of benzene rings is 2. The molecule has 3 N–H and O–H groups in total. The summed E-state index contributed by atoms with van der Waals surface area (Å²) in [4.78, 5) is 4.12. The first-order valence-electron chi connectivity index (χ1n) is 11.3. The topological polar surface area (TPSA) is 56.9 Å². The summed E-state index contributed by atoms with van der Waals surface area (Å²) >= 11 is 4.76. The van der Waals surface area contributed by atoms with Crippen molar-refractivity contribution in [3.63, 3.8) is 0 Å². The zero-order valence-electron chi connectivity index (χ0n) is 18.6. The number of hydrogen-bond acceptors (Lipinski definition) is 4. The van der Waals surface area contributed by atoms with Gasteiger partial charge in [-0.05, 0) is 67.6 Å². The van der Waals surface area contributed by atoms with Crippen molar-refractivity contribution < 1.29 is 17.6 Å². The summed E-state index contributed by atoms with van der Waals surface area (Å²) in [5, 5.41) is 4.01. The number of nitrogens with zero attached hydrogens (tertiary/aromatic N) is 3. The van der Waals surface area contributed by atoms with Crippen LogP contribution in [0.4, 0.5) is 28.9 Å². The molecule has 0 bridgehead atoms. The molecule has 34 heavy (non-hydrogen) atoms. The number of rotatable bonds is 5. The van der Waals surface area contributed by atoms with Crippen LogP contribution in [0.25, 0.3) is 0 Å². The van der Waals surface area contributed by atoms with Crippen LogP contribution in [0.5, 0.6) is 0 Å². The lowest BCUT2D eigenvalue weighted by molar-refractivity contribution is -0.138. The minimum atomic E-state index is -4.38. The Balaban J connectivity index is 1.56. The number of nitrogens with two attached hydrogens (primary N) is 1. The van der Waals surface area contributed by atoms with Crippen LogP contribution < -0.4 is 21.0 Å². The van der Waals surface area contributed by atoms with E-state index in [0.29, 0.717) is 42.7 Å². The van der Waals surface area contributed by atoms with Gasteiger partial charge in [0.05, 0.1) is 17.5 Å². The van der Waals surface area contributed by atoms with Gasteiger partial charge in [-0.2, -0.15) is 18.3 Å². The molecule has 2 aliphatic rings. The summed E-state index contributed by atoms with van der Waals surface area (Å²) in [6.45, 7) is 2.68. The predicted octanol–water partition coefficient (Wildman–Crippen LogP) is 5.00. The number of nitrogens with one attached hydrogen (secondary N) is 1. The SMILES string of the molecule is NC(=S)N/N=C/c1cc(F)c(N2CCC(c3ccccc3C(F)(F)F)CC2)cc1N1CCCC1. The quantitative estimate of drug-likeness (QED) is 0.266. The molecule has 0 saturated carbocycles. The Labute approximate surface area is 201 Å². The highest BCUT2D eigenvalue weighted by Gasteiger charge is 2.36. The summed E-state index contributed by atoms with van der Waals surface area (Å²) in [7, 11) is 0. The largest absolute Gasteiger partial charge is 0.416 e. The van der Waals surface area contributed by atoms with Gasteiger partial charge < -0.3 is 15.5 Å². The van der Waals surface area contributed by atoms with E-state index in [1.54, 1.807) is 12.1 Å². The summed E-state index contributed by atoms with van der Waals surface area (Å²) in [5.41, 5.74) is 9.59. The number of halogens is 4. The molecule has 2 saturated heterocycles. The van der Waals surface area contributed by atoms with E-state index >= 15 is 4.39 Å². The molecule has 4 rings (SSSR count). The summed E-state index contributed by atoms with van der Waals surface area (Å²) < 4.78 is 55.6. The Morgan fingerprint density at radius 2 is 1.68 bits per heavy atom. The van der Waals surface area contributed by atoms with E-state index in [0.717, 1.165) is 37.7 Å². The maximum atomic E-state index is 15.2. The molecule has 0 radical (unpaired) electrons. The van der Waals surface area contributed by atoms with Gasteiger partial charge in [-0.25, -0.2) is 4.39 Å². The highest BCUT2D eigenvalue weighted by Crippen LogP contribution is 2.40. The summed E-state index contributed by atoms with van der Waals surface area (Å²) in [5.74, 6) is -0.610. The zero-order valence-corrected chi connectivity index (χ0v) is 19.4. The van der Waals surface area contributed by atoms with Gasteiger partial charge in [-0.15, -0.1) is 0 Å². The van der Waals surface area contributed by atoms with Crippen LogP contribution in [0, 0.1) is 5.82 Å². The number of hydrogen-bond donors (Lipinski definition) is 2. The molecular formula is C24H27F4N5S. The fourth-order valence-corrected chi connectivity index (χ4v) is 4.90. The van der Waals surface area contributed by atoms with Gasteiger partial charge in [0.1, 0.15) is 5.82 Å². The highest BCUT2D eigenvalue weighted by atomic mass is 32.1. The second kappa shape index (κ2) is 10.2. The van der Waals surface area contributed by atoms with Crippen molar-refractivity contribution in [3.05, 3.63) is 58.9 Å². The van der Waals surface area contributed by atoms with E-state index in [1.165, 1.54) is 18.3 Å². The van der Waals surface area contributed by atoms with E-state index in [-0.39, 0.29) is 11.0 Å². The van der Waals surface area contributed by atoms with Gasteiger partial charge in [-0.3, -0.25) is 5.43 Å². The Morgan fingerprint density at radius 1 is 1.03 bits per heavy atom. The lowest BCUT2D eigenvalue weighted by Crippen LogP contribution is -2.34. The fraction of sp³-hybridized carbons (Fsp3) is 0.417. The number of thiocarbonyl (C=S) groups is 1. The minimum Gasteiger partial charge on any atom is -0.375 e. The van der Waals surface area contributed by atoms with Crippen molar-refractivity contribution in [2.75, 3.05) is 36.0 Å². The van der Waals surface area contributed by atoms with E-state index in [9.17, 15) is 13.2 Å². The van der Waals surface area contributed by atoms with Crippen molar-refractivity contribution in [3.8, 4) is 0 Å². The predicted molar refractivity (Wildman–Crippen MR) is 131 cm³/mol. The molecule has 2 fully saturated rings. The van der Waals surface area contributed by atoms with Crippen LogP contribution in [-0.4, -0.2) is 37.5 Å². The number of hydrazone groups is 1. The second-order valence-corrected chi connectivity index (χ2v) is 9.08. The van der Waals surface area contributed by atoms with Crippen molar-refractivity contribution in [2.24, 2.45) is 10.8 Å². The molecule has 2 heterocycles. The third-order valence-corrected chi connectivity index (χ3v) is 6.55. The van der Waals surface area contributed by atoms with Crippen LogP contribution in [-0.2, 0) is 6.18 Å². The number of alkyl halides is 3. The molecule has 182 valence electrons. The van der Waals surface area contributed by atoms with Gasteiger partial charge in [0, 0.05) is 37.4 Å². The summed E-state index contributed by atoms with van der Waals surface area (Å²) in [6.07, 6.45) is 0.264. The molecule has 0 aromatic heterocycles. The standard InChI is InChI=1S/C24H27F4N5S/c25-20-13-17(15-30-31-23(29)34)21(32-9-3-4-10-32)14-22(20)33-11-7-16(8-12-33)18-5-1-2-6-19(18)24(26,27)28/h1-2,5-6,13-16H,3-4,7-12H2,(H3,29,31,34)/b30-15+. The molecule has 2 aromatic rings. The fourth-order valence-electron chi connectivity index (χ4n) is 4.85. The monoisotopic (exact) mass is 493 g/mol. The molecule has 5 nitrogen and oxygen atoms in total. The molecule has 0 atom stereocenters. The first-order valence-corrected chi connectivity index (χ1v) is 11.7. The molecule has 10 heteroatoms. The van der Waals surface area contributed by atoms with E-state index in [2.05, 4.69) is 15.4 Å². The maximum absolute atomic E-state index is 15.2. The van der Waals surface area contributed by atoms with Crippen molar-refractivity contribution >= 4 is 34.9 Å². The smallest absolute Gasteiger partial charge is 0.375 e. The van der Waals surface area contributed by atoms with Crippen LogP contribution in [0.3, 0.4) is 0 Å². The van der Waals surface area contributed by atoms with Crippen molar-refractivity contribution in [2.45, 2.75) is 37.8 Å². The first-order chi connectivity index (χ1) is 16.2. The molecule has 0 unspecified atom stereocenters. The Hall–Kier alpha value is -2.88. The van der Waals surface area contributed by atoms with Gasteiger partial charge >= 0.3 is 6.18 Å². The van der Waals surface area contributed by atoms with Crippen molar-refractivity contribution in [1.29, 1.82) is 0 Å². The number of piperidine rings is 1. The molecule has 2 aliphatic heterocycles. The van der Waals surface area contributed by atoms with E-state index in [4.69, 9.17) is 18.0 Å². The molecule has 2 aromatic carbocycles. The van der Waals surface area contributed by atoms with Crippen LogP contribution >= 0.6 is 12.2 Å². The molecule has 0 spiro atoms. The minimum absolute atomic E-state index is 0.0195. The van der Waals surface area contributed by atoms with Gasteiger partial charge in [0.2, 0.25) is 0 Å². The van der Waals surface area contributed by atoms with Crippen LogP contribution in [0.1, 0.15) is 48.3 Å². The zero-order chi connectivity index (χ0) is 24.3. The third kappa shape index (κ3) is 5.43. The molecular weight excluding hydrogens is 466 g/mol. The Morgan fingerprint density at radius 3 is 2.32 bits per heavy atom. The number of anilines is 2. The van der Waals surface area contributed by atoms with E-state index < -0.39 is 17.6 Å².